The lowest BCUT2D eigenvalue weighted by Crippen LogP contribution is -2.53. The third-order valence-electron chi connectivity index (χ3n) is 9.33. The normalized spacial score (nSPS) is 20.9. The summed E-state index contributed by atoms with van der Waals surface area (Å²) in [4.78, 5) is 38.0. The maximum atomic E-state index is 12.7. The number of nitrogens with zero attached hydrogens (tertiary/aromatic N) is 1. The zero-order chi connectivity index (χ0) is 41.2. The van der Waals surface area contributed by atoms with Gasteiger partial charge in [0.25, 0.3) is 0 Å². The largest absolute Gasteiger partial charge is 0.487 e. The minimum absolute atomic E-state index is 0.0165. The standard InChI is InChI=1S/C23H31NO7.C21H28O5/c1-23(2,3)31-22(26)24-9-12-28-10-5-6-11-29-20-13-16(21(25)27-4)7-8-19(20)30-18-14-17(24)15-18;1-4-10-24-12-6-7-16-13-18(14-16)26-19-9-8-17(21(22)23-3)15-20(19)25-11-5-2/h5-8,13,17-18H,9-12,14-15H2,1-4H3;4-5,8-9,15-16,18H,1-2,6-7,10-14H2,3H3/b6-5+;. The van der Waals surface area contributed by atoms with Crippen molar-refractivity contribution in [3.8, 4) is 23.0 Å². The first-order valence-corrected chi connectivity index (χ1v) is 19.5. The van der Waals surface area contributed by atoms with Gasteiger partial charge >= 0.3 is 18.0 Å². The van der Waals surface area contributed by atoms with Gasteiger partial charge in [0, 0.05) is 32.0 Å². The molecule has 2 aliphatic carbocycles. The Bertz CT molecular complexity index is 1650. The van der Waals surface area contributed by atoms with Crippen LogP contribution in [0.3, 0.4) is 0 Å². The molecule has 2 aromatic rings. The second-order valence-corrected chi connectivity index (χ2v) is 14.9. The molecule has 0 unspecified atom stereocenters. The number of rotatable bonds is 13. The fourth-order valence-electron chi connectivity index (χ4n) is 6.30. The van der Waals surface area contributed by atoms with Crippen LogP contribution in [0.25, 0.3) is 0 Å². The number of amides is 1. The molecular formula is C44H59NO12. The molecular weight excluding hydrogens is 734 g/mol. The fraction of sp³-hybridized carbons (Fsp3) is 0.523. The number of hydrogen-bond donors (Lipinski definition) is 0. The molecule has 13 nitrogen and oxygen atoms in total. The Morgan fingerprint density at radius 3 is 2.23 bits per heavy atom. The highest BCUT2D eigenvalue weighted by atomic mass is 16.6. The first-order chi connectivity index (χ1) is 27.4. The molecule has 6 rings (SSSR count). The quantitative estimate of drug-likeness (QED) is 0.0848. The van der Waals surface area contributed by atoms with E-state index in [9.17, 15) is 14.4 Å². The summed E-state index contributed by atoms with van der Waals surface area (Å²) in [6, 6.07) is 10.1. The zero-order valence-corrected chi connectivity index (χ0v) is 34.0. The van der Waals surface area contributed by atoms with Crippen molar-refractivity contribution in [3.05, 3.63) is 85.0 Å². The molecule has 13 heteroatoms. The Labute approximate surface area is 336 Å². The second-order valence-electron chi connectivity index (χ2n) is 14.9. The SMILES string of the molecule is C=CCOCCCC1CC(Oc2ccc(C(=O)OC)cc2OCC=C)C1.COC(=O)c1ccc2c(c1)OC/C=C/COCCN(C(=O)OC(C)(C)C)C1CC(C1)O2. The molecule has 2 aliphatic heterocycles. The number of esters is 2. The Kier molecular flexibility index (Phi) is 17.8. The van der Waals surface area contributed by atoms with Gasteiger partial charge in [-0.25, -0.2) is 14.4 Å². The minimum atomic E-state index is -0.565. The van der Waals surface area contributed by atoms with Gasteiger partial charge in [-0.05, 0) is 94.8 Å². The molecule has 0 saturated heterocycles. The van der Waals surface area contributed by atoms with Gasteiger partial charge in [0.05, 0.1) is 51.3 Å². The average molecular weight is 794 g/mol. The van der Waals surface area contributed by atoms with E-state index >= 15 is 0 Å². The van der Waals surface area contributed by atoms with Gasteiger partial charge in [-0.2, -0.15) is 0 Å². The fourth-order valence-corrected chi connectivity index (χ4v) is 6.30. The number of ether oxygens (including phenoxy) is 9. The predicted octanol–water partition coefficient (Wildman–Crippen LogP) is 7.76. The maximum Gasteiger partial charge on any atom is 0.410 e. The average Bonchev–Trinajstić information content (AvgIpc) is 3.17. The molecule has 2 heterocycles. The molecule has 4 aliphatic rings. The van der Waals surface area contributed by atoms with E-state index in [1.165, 1.54) is 14.2 Å². The van der Waals surface area contributed by atoms with E-state index < -0.39 is 17.5 Å². The lowest BCUT2D eigenvalue weighted by molar-refractivity contribution is -0.0248. The molecule has 1 amide bonds. The number of fused-ring (bicyclic) bond motifs is 7. The smallest absolute Gasteiger partial charge is 0.410 e. The number of carbonyl (C=O) groups is 3. The maximum absolute atomic E-state index is 12.7. The monoisotopic (exact) mass is 793 g/mol. The summed E-state index contributed by atoms with van der Waals surface area (Å²) in [6.07, 6.45) is 12.5. The van der Waals surface area contributed by atoms with E-state index in [1.807, 2.05) is 32.9 Å². The summed E-state index contributed by atoms with van der Waals surface area (Å²) in [5.74, 6) is 2.05. The van der Waals surface area contributed by atoms with Crippen molar-refractivity contribution in [2.24, 2.45) is 5.92 Å². The van der Waals surface area contributed by atoms with Crippen LogP contribution in [0, 0.1) is 5.92 Å². The topological polar surface area (TPSA) is 138 Å². The first kappa shape index (κ1) is 44.7. The zero-order valence-electron chi connectivity index (χ0n) is 34.0. The summed E-state index contributed by atoms with van der Waals surface area (Å²) in [5.41, 5.74) is 0.257. The molecule has 2 saturated carbocycles. The van der Waals surface area contributed by atoms with E-state index in [0.29, 0.717) is 92.5 Å². The molecule has 0 atom stereocenters. The summed E-state index contributed by atoms with van der Waals surface area (Å²) < 4.78 is 49.8. The van der Waals surface area contributed by atoms with Gasteiger partial charge in [-0.1, -0.05) is 24.8 Å². The van der Waals surface area contributed by atoms with E-state index in [2.05, 4.69) is 13.2 Å². The molecule has 0 radical (unpaired) electrons. The van der Waals surface area contributed by atoms with E-state index in [-0.39, 0.29) is 24.3 Å². The van der Waals surface area contributed by atoms with Crippen molar-refractivity contribution in [1.29, 1.82) is 0 Å². The predicted molar refractivity (Wildman–Crippen MR) is 214 cm³/mol. The van der Waals surface area contributed by atoms with Crippen LogP contribution in [0.2, 0.25) is 0 Å². The van der Waals surface area contributed by atoms with Crippen LogP contribution >= 0.6 is 0 Å². The van der Waals surface area contributed by atoms with E-state index in [1.54, 1.807) is 53.5 Å². The molecule has 0 aromatic heterocycles. The summed E-state index contributed by atoms with van der Waals surface area (Å²) >= 11 is 0. The van der Waals surface area contributed by atoms with Gasteiger partial charge in [0.1, 0.15) is 24.9 Å². The van der Waals surface area contributed by atoms with Crippen molar-refractivity contribution in [3.63, 3.8) is 0 Å². The molecule has 2 bridgehead atoms. The van der Waals surface area contributed by atoms with Gasteiger partial charge in [-0.15, -0.1) is 6.58 Å². The lowest BCUT2D eigenvalue weighted by Gasteiger charge is -2.42. The van der Waals surface area contributed by atoms with Gasteiger partial charge in [0.15, 0.2) is 23.0 Å². The summed E-state index contributed by atoms with van der Waals surface area (Å²) in [6.45, 7) is 16.2. The number of hydrogen-bond acceptors (Lipinski definition) is 12. The highest BCUT2D eigenvalue weighted by molar-refractivity contribution is 5.90. The van der Waals surface area contributed by atoms with Crippen LogP contribution in [-0.2, 0) is 23.7 Å². The van der Waals surface area contributed by atoms with Gasteiger partial charge in [0.2, 0.25) is 0 Å². The van der Waals surface area contributed by atoms with Crippen LogP contribution in [0.5, 0.6) is 23.0 Å². The van der Waals surface area contributed by atoms with Crippen LogP contribution in [0.1, 0.15) is 80.0 Å². The molecule has 312 valence electrons. The minimum Gasteiger partial charge on any atom is -0.487 e. The van der Waals surface area contributed by atoms with Crippen molar-refractivity contribution in [2.75, 3.05) is 60.4 Å². The molecule has 57 heavy (non-hydrogen) atoms. The Hall–Kier alpha value is -5.01. The van der Waals surface area contributed by atoms with Crippen LogP contribution in [0.4, 0.5) is 4.79 Å². The Morgan fingerprint density at radius 1 is 0.860 bits per heavy atom. The number of methoxy groups -OCH3 is 2. The third kappa shape index (κ3) is 14.5. The highest BCUT2D eigenvalue weighted by Crippen LogP contribution is 2.38. The molecule has 2 fully saturated rings. The van der Waals surface area contributed by atoms with Crippen molar-refractivity contribution in [2.45, 2.75) is 83.1 Å². The molecule has 2 aromatic carbocycles. The number of carbonyl (C=O) groups excluding carboxylic acids is 3. The lowest BCUT2D eigenvalue weighted by atomic mass is 9.79. The highest BCUT2D eigenvalue weighted by Gasteiger charge is 2.39. The Morgan fingerprint density at radius 2 is 1.54 bits per heavy atom. The van der Waals surface area contributed by atoms with Gasteiger partial charge in [-0.3, -0.25) is 0 Å². The third-order valence-corrected chi connectivity index (χ3v) is 9.33. The second kappa shape index (κ2) is 22.7. The van der Waals surface area contributed by atoms with Crippen molar-refractivity contribution >= 4 is 18.0 Å². The summed E-state index contributed by atoms with van der Waals surface area (Å²) in [7, 11) is 2.69. The van der Waals surface area contributed by atoms with Crippen LogP contribution in [0.15, 0.2) is 73.9 Å². The van der Waals surface area contributed by atoms with E-state index in [0.717, 1.165) is 32.3 Å². The van der Waals surface area contributed by atoms with Crippen LogP contribution in [-0.4, -0.2) is 107 Å². The van der Waals surface area contributed by atoms with Crippen molar-refractivity contribution < 1.29 is 57.0 Å². The van der Waals surface area contributed by atoms with E-state index in [4.69, 9.17) is 42.6 Å². The number of benzene rings is 2. The first-order valence-electron chi connectivity index (χ1n) is 19.5. The Balaban J connectivity index is 0.000000257. The molecule has 0 spiro atoms. The van der Waals surface area contributed by atoms with Gasteiger partial charge < -0.3 is 47.5 Å². The van der Waals surface area contributed by atoms with Crippen molar-refractivity contribution in [1.82, 2.24) is 4.90 Å². The summed E-state index contributed by atoms with van der Waals surface area (Å²) in [5, 5.41) is 0. The van der Waals surface area contributed by atoms with Crippen LogP contribution < -0.4 is 18.9 Å². The molecule has 0 N–H and O–H groups in total.